The molecule has 3 nitrogen and oxygen atoms in total. The second-order valence-corrected chi connectivity index (χ2v) is 7.67. The number of halogens is 1. The molecule has 2 aromatic rings. The van der Waals surface area contributed by atoms with Crippen LogP contribution in [0.5, 0.6) is 0 Å². The van der Waals surface area contributed by atoms with E-state index in [0.29, 0.717) is 26.9 Å². The predicted octanol–water partition coefficient (Wildman–Crippen LogP) is 4.30. The molecule has 0 radical (unpaired) electrons. The van der Waals surface area contributed by atoms with Crippen molar-refractivity contribution in [3.63, 3.8) is 0 Å². The maximum atomic E-state index is 12.4. The first-order valence-electron chi connectivity index (χ1n) is 7.19. The number of nitrogens with two attached hydrogens (primary N) is 1. The van der Waals surface area contributed by atoms with Gasteiger partial charge in [0.2, 0.25) is 0 Å². The Morgan fingerprint density at radius 3 is 2.81 bits per heavy atom. The lowest BCUT2D eigenvalue weighted by molar-refractivity contribution is 0.0944. The molecule has 1 aliphatic carbocycles. The molecule has 3 rings (SSSR count). The molecule has 112 valence electrons. The Bertz CT molecular complexity index is 704. The summed E-state index contributed by atoms with van der Waals surface area (Å²) in [5.74, 6) is 0.521. The molecular weight excluding hydrogens is 304 g/mol. The van der Waals surface area contributed by atoms with Crippen LogP contribution in [0.3, 0.4) is 0 Å². The molecule has 1 saturated carbocycles. The Balaban J connectivity index is 1.80. The van der Waals surface area contributed by atoms with Gasteiger partial charge in [-0.1, -0.05) is 25.4 Å². The molecule has 0 unspecified atom stereocenters. The highest BCUT2D eigenvalue weighted by Crippen LogP contribution is 2.51. The second-order valence-electron chi connectivity index (χ2n) is 6.19. The van der Waals surface area contributed by atoms with Gasteiger partial charge < -0.3 is 11.1 Å². The smallest absolute Gasteiger partial charge is 0.263 e. The summed E-state index contributed by atoms with van der Waals surface area (Å²) in [6.45, 7) is 5.17. The predicted molar refractivity (Wildman–Crippen MR) is 90.1 cm³/mol. The number of carbonyl (C=O) groups is 1. The molecule has 0 bridgehead atoms. The zero-order valence-electron chi connectivity index (χ0n) is 12.2. The van der Waals surface area contributed by atoms with Crippen LogP contribution < -0.4 is 11.1 Å². The van der Waals surface area contributed by atoms with Gasteiger partial charge in [-0.05, 0) is 42.4 Å². The highest BCUT2D eigenvalue weighted by molar-refractivity contribution is 7.21. The van der Waals surface area contributed by atoms with E-state index in [1.165, 1.54) is 24.2 Å². The van der Waals surface area contributed by atoms with Gasteiger partial charge in [0.15, 0.2) is 0 Å². The lowest BCUT2D eigenvalue weighted by atomic mass is 9.92. The van der Waals surface area contributed by atoms with Crippen molar-refractivity contribution in [2.45, 2.75) is 26.7 Å². The quantitative estimate of drug-likeness (QED) is 0.881. The van der Waals surface area contributed by atoms with Gasteiger partial charge in [-0.15, -0.1) is 11.3 Å². The van der Waals surface area contributed by atoms with Crippen LogP contribution in [0.15, 0.2) is 18.2 Å². The van der Waals surface area contributed by atoms with Gasteiger partial charge in [0.05, 0.1) is 5.69 Å². The maximum absolute atomic E-state index is 12.4. The first-order chi connectivity index (χ1) is 9.93. The van der Waals surface area contributed by atoms with Gasteiger partial charge in [-0.25, -0.2) is 0 Å². The Labute approximate surface area is 133 Å². The molecule has 3 N–H and O–H groups in total. The van der Waals surface area contributed by atoms with E-state index >= 15 is 0 Å². The zero-order chi connectivity index (χ0) is 15.2. The molecule has 0 aliphatic heterocycles. The van der Waals surface area contributed by atoms with Crippen molar-refractivity contribution < 1.29 is 4.79 Å². The van der Waals surface area contributed by atoms with Crippen molar-refractivity contribution in [2.75, 3.05) is 12.3 Å². The van der Waals surface area contributed by atoms with Crippen LogP contribution in [0.4, 0.5) is 5.69 Å². The van der Waals surface area contributed by atoms with Crippen LogP contribution in [0, 0.1) is 11.3 Å². The van der Waals surface area contributed by atoms with Crippen LogP contribution in [-0.4, -0.2) is 12.5 Å². The fourth-order valence-corrected chi connectivity index (χ4v) is 3.90. The van der Waals surface area contributed by atoms with Gasteiger partial charge in [0.25, 0.3) is 5.91 Å². The van der Waals surface area contributed by atoms with E-state index in [-0.39, 0.29) is 5.91 Å². The van der Waals surface area contributed by atoms with E-state index in [2.05, 4.69) is 19.2 Å². The Kier molecular flexibility index (Phi) is 3.62. The van der Waals surface area contributed by atoms with Crippen LogP contribution in [0.25, 0.3) is 10.1 Å². The lowest BCUT2D eigenvalue weighted by Gasteiger charge is -2.19. The topological polar surface area (TPSA) is 55.1 Å². The Hall–Kier alpha value is -1.26. The van der Waals surface area contributed by atoms with Crippen LogP contribution in [0.2, 0.25) is 5.02 Å². The average Bonchev–Trinajstić information content (AvgIpc) is 3.18. The summed E-state index contributed by atoms with van der Waals surface area (Å²) in [5, 5.41) is 4.56. The number of carbonyl (C=O) groups excluding carboxylic acids is 1. The number of anilines is 1. The van der Waals surface area contributed by atoms with Crippen molar-refractivity contribution in [1.82, 2.24) is 5.32 Å². The Morgan fingerprint density at radius 1 is 1.48 bits per heavy atom. The molecular formula is C16H19ClN2OS. The molecule has 1 heterocycles. The summed E-state index contributed by atoms with van der Waals surface area (Å²) in [6, 6.07) is 5.54. The van der Waals surface area contributed by atoms with E-state index < -0.39 is 0 Å². The number of amides is 1. The highest BCUT2D eigenvalue weighted by atomic mass is 35.5. The number of hydrogen-bond acceptors (Lipinski definition) is 3. The zero-order valence-corrected chi connectivity index (χ0v) is 13.8. The largest absolute Gasteiger partial charge is 0.397 e. The maximum Gasteiger partial charge on any atom is 0.263 e. The van der Waals surface area contributed by atoms with E-state index in [1.807, 2.05) is 18.2 Å². The number of nitrogens with one attached hydrogen (secondary N) is 1. The lowest BCUT2D eigenvalue weighted by Crippen LogP contribution is -2.32. The minimum Gasteiger partial charge on any atom is -0.397 e. The van der Waals surface area contributed by atoms with Crippen molar-refractivity contribution in [1.29, 1.82) is 0 Å². The van der Waals surface area contributed by atoms with Gasteiger partial charge >= 0.3 is 0 Å². The molecule has 0 atom stereocenters. The van der Waals surface area contributed by atoms with Crippen LogP contribution >= 0.6 is 22.9 Å². The number of fused-ring (bicyclic) bond motifs is 1. The van der Waals surface area contributed by atoms with Gasteiger partial charge in [-0.2, -0.15) is 0 Å². The van der Waals surface area contributed by atoms with Crippen molar-refractivity contribution in [3.05, 3.63) is 28.1 Å². The molecule has 21 heavy (non-hydrogen) atoms. The number of benzene rings is 1. The number of hydrogen-bond donors (Lipinski definition) is 2. The first kappa shape index (κ1) is 14.7. The van der Waals surface area contributed by atoms with Crippen LogP contribution in [0.1, 0.15) is 36.4 Å². The van der Waals surface area contributed by atoms with E-state index in [0.717, 1.165) is 16.6 Å². The van der Waals surface area contributed by atoms with Gasteiger partial charge in [0.1, 0.15) is 4.88 Å². The third-order valence-corrected chi connectivity index (χ3v) is 6.03. The average molecular weight is 323 g/mol. The molecule has 1 aromatic heterocycles. The molecule has 5 heteroatoms. The molecule has 1 fully saturated rings. The SMILES string of the molecule is CC(C)C1(CNC(=O)c2sc3ccc(Cl)cc3c2N)CC1. The van der Waals surface area contributed by atoms with E-state index in [4.69, 9.17) is 17.3 Å². The summed E-state index contributed by atoms with van der Waals surface area (Å²) < 4.78 is 0.993. The summed E-state index contributed by atoms with van der Waals surface area (Å²) in [6.07, 6.45) is 2.39. The van der Waals surface area contributed by atoms with E-state index in [1.54, 1.807) is 0 Å². The fourth-order valence-electron chi connectivity index (χ4n) is 2.71. The summed E-state index contributed by atoms with van der Waals surface area (Å²) >= 11 is 7.42. The third-order valence-electron chi connectivity index (χ3n) is 4.61. The Morgan fingerprint density at radius 2 is 2.19 bits per heavy atom. The summed E-state index contributed by atoms with van der Waals surface area (Å²) in [7, 11) is 0. The molecule has 1 amide bonds. The minimum atomic E-state index is -0.0725. The van der Waals surface area contributed by atoms with Crippen LogP contribution in [-0.2, 0) is 0 Å². The minimum absolute atomic E-state index is 0.0725. The van der Waals surface area contributed by atoms with Gasteiger partial charge in [-0.3, -0.25) is 4.79 Å². The summed E-state index contributed by atoms with van der Waals surface area (Å²) in [5.41, 5.74) is 6.94. The first-order valence-corrected chi connectivity index (χ1v) is 8.38. The fraction of sp³-hybridized carbons (Fsp3) is 0.438. The van der Waals surface area contributed by atoms with E-state index in [9.17, 15) is 4.79 Å². The number of thiophene rings is 1. The number of nitrogen functional groups attached to an aromatic ring is 1. The molecule has 0 saturated heterocycles. The van der Waals surface area contributed by atoms with Gasteiger partial charge in [0, 0.05) is 21.7 Å². The number of rotatable bonds is 4. The molecule has 1 aliphatic rings. The van der Waals surface area contributed by atoms with Crippen molar-refractivity contribution >= 4 is 44.6 Å². The highest BCUT2D eigenvalue weighted by Gasteiger charge is 2.45. The standard InChI is InChI=1S/C16H19ClN2OS/c1-9(2)16(5-6-16)8-19-15(20)14-13(18)11-7-10(17)3-4-12(11)21-14/h3-4,7,9H,5-6,8,18H2,1-2H3,(H,19,20). The second kappa shape index (κ2) is 5.18. The molecule has 0 spiro atoms. The normalized spacial score (nSPS) is 16.4. The monoisotopic (exact) mass is 322 g/mol. The summed E-state index contributed by atoms with van der Waals surface area (Å²) in [4.78, 5) is 13.0. The molecule has 1 aromatic carbocycles. The van der Waals surface area contributed by atoms with Crippen molar-refractivity contribution in [3.8, 4) is 0 Å². The van der Waals surface area contributed by atoms with Crippen molar-refractivity contribution in [2.24, 2.45) is 11.3 Å². The third kappa shape index (κ3) is 2.62.